The molecule has 0 aliphatic rings. The second-order valence-corrected chi connectivity index (χ2v) is 2.88. The Morgan fingerprint density at radius 1 is 0.917 bits per heavy atom. The third kappa shape index (κ3) is 31000. The molecule has 0 aromatic carbocycles. The van der Waals surface area contributed by atoms with E-state index in [1.807, 2.05) is 0 Å². The second-order valence-electron chi connectivity index (χ2n) is 2.88. The van der Waals surface area contributed by atoms with E-state index in [4.69, 9.17) is 11.1 Å². The number of nitrogens with zero attached hydrogens (tertiary/aromatic N) is 3. The molecule has 0 bridgehead atoms. The van der Waals surface area contributed by atoms with E-state index in [9.17, 15) is 0 Å². The average molecular weight is 183 g/mol. The molecule has 0 N–H and O–H groups in total. The van der Waals surface area contributed by atoms with Crippen LogP contribution in [-0.4, -0.2) is 17.4 Å². The average Bonchev–Trinajstić information content (AvgIpc) is 1.60. The van der Waals surface area contributed by atoms with Gasteiger partial charge in [0.1, 0.15) is 0 Å². The van der Waals surface area contributed by atoms with E-state index >= 15 is 0 Å². The van der Waals surface area contributed by atoms with Gasteiger partial charge < -0.3 is 24.9 Å². The molecule has 68 valence electrons. The minimum Gasteiger partial charge on any atom is -0.373 e. The maximum absolute atomic E-state index is 6.75. The van der Waals surface area contributed by atoms with E-state index in [0.717, 1.165) is 0 Å². The summed E-state index contributed by atoms with van der Waals surface area (Å²) in [6, 6.07) is 0. The molecule has 0 radical (unpaired) electrons. The molecular weight excluding hydrogens is 165 g/mol. The first-order valence-corrected chi connectivity index (χ1v) is 3.53. The summed E-state index contributed by atoms with van der Waals surface area (Å²) in [5, 5.41) is 0. The minimum absolute atomic E-state index is 0. The molecule has 0 unspecified atom stereocenters. The van der Waals surface area contributed by atoms with Gasteiger partial charge in [-0.2, -0.15) is 11.8 Å². The van der Waals surface area contributed by atoms with Gasteiger partial charge in [-0.05, 0) is 0 Å². The van der Waals surface area contributed by atoms with Gasteiger partial charge in [-0.25, -0.2) is 0 Å². The van der Waals surface area contributed by atoms with Gasteiger partial charge in [0.15, 0.2) is 0 Å². The molecule has 0 heterocycles. The SMILES string of the molecule is [Al+3].[CH2-]C(C)C.[CH2-]C(C)C.[N-]=[N+]=[N-]. The van der Waals surface area contributed by atoms with Gasteiger partial charge in [0.25, 0.3) is 0 Å². The molecule has 4 heteroatoms. The number of rotatable bonds is 0. The fourth-order valence-electron chi connectivity index (χ4n) is 0. The molecule has 0 saturated carbocycles. The van der Waals surface area contributed by atoms with E-state index in [1.54, 1.807) is 0 Å². The molecule has 0 aliphatic heterocycles. The fraction of sp³-hybridized carbons (Fsp3) is 0.750. The largest absolute Gasteiger partial charge is 3.00 e. The van der Waals surface area contributed by atoms with Crippen LogP contribution in [0, 0.1) is 25.7 Å². The van der Waals surface area contributed by atoms with Crippen molar-refractivity contribution < 1.29 is 0 Å². The first kappa shape index (κ1) is 22.6. The predicted molar refractivity (Wildman–Crippen MR) is 56.2 cm³/mol. The van der Waals surface area contributed by atoms with Crippen LogP contribution >= 0.6 is 0 Å². The van der Waals surface area contributed by atoms with Gasteiger partial charge in [0.2, 0.25) is 0 Å². The van der Waals surface area contributed by atoms with E-state index in [2.05, 4.69) is 41.5 Å². The van der Waals surface area contributed by atoms with Crippen LogP contribution in [0.15, 0.2) is 0 Å². The van der Waals surface area contributed by atoms with Gasteiger partial charge in [-0.1, -0.05) is 27.7 Å². The van der Waals surface area contributed by atoms with E-state index < -0.39 is 0 Å². The summed E-state index contributed by atoms with van der Waals surface area (Å²) < 4.78 is 0. The molecule has 0 aromatic heterocycles. The molecule has 0 aliphatic carbocycles. The van der Waals surface area contributed by atoms with Crippen molar-refractivity contribution in [1.82, 2.24) is 0 Å². The van der Waals surface area contributed by atoms with Crippen molar-refractivity contribution in [3.63, 3.8) is 0 Å². The van der Waals surface area contributed by atoms with Crippen molar-refractivity contribution >= 4 is 17.4 Å². The molecule has 0 fully saturated rings. The molecule has 0 rings (SSSR count). The quantitative estimate of drug-likeness (QED) is 0.181. The van der Waals surface area contributed by atoms with Crippen molar-refractivity contribution in [3.05, 3.63) is 29.8 Å². The Hall–Kier alpha value is -0.158. The van der Waals surface area contributed by atoms with E-state index in [1.165, 1.54) is 4.91 Å². The molecule has 0 amide bonds. The standard InChI is InChI=1S/2C4H9.Al.N3/c2*1-4(2)3;;1-3-2/h2*4H,1H2,2-3H3;;/q2*-1;+3;-1. The zero-order chi connectivity index (χ0) is 9.86. The summed E-state index contributed by atoms with van der Waals surface area (Å²) in [6.07, 6.45) is 0. The Bertz CT molecular complexity index is 74.8. The van der Waals surface area contributed by atoms with Gasteiger partial charge in [0, 0.05) is 0 Å². The summed E-state index contributed by atoms with van der Waals surface area (Å²) in [4.78, 5) is 1.50. The number of hydrogen-bond donors (Lipinski definition) is 0. The minimum atomic E-state index is 0. The molecule has 12 heavy (non-hydrogen) atoms. The van der Waals surface area contributed by atoms with Crippen molar-refractivity contribution in [3.8, 4) is 0 Å². The van der Waals surface area contributed by atoms with Crippen molar-refractivity contribution in [2.75, 3.05) is 0 Å². The van der Waals surface area contributed by atoms with Crippen molar-refractivity contribution in [1.29, 1.82) is 0 Å². The Morgan fingerprint density at radius 2 is 0.917 bits per heavy atom. The molecule has 0 saturated heterocycles. The molecule has 0 atom stereocenters. The molecule has 3 nitrogen and oxygen atoms in total. The zero-order valence-corrected chi connectivity index (χ0v) is 9.64. The first-order chi connectivity index (χ1) is 4.88. The normalized spacial score (nSPS) is 6.67. The Labute approximate surface area is 87.1 Å². The maximum Gasteiger partial charge on any atom is 3.00 e. The van der Waals surface area contributed by atoms with Crippen LogP contribution < -0.4 is 0 Å². The summed E-state index contributed by atoms with van der Waals surface area (Å²) in [7, 11) is 0. The van der Waals surface area contributed by atoms with Crippen LogP contribution in [0.25, 0.3) is 16.0 Å². The Morgan fingerprint density at radius 3 is 0.917 bits per heavy atom. The maximum atomic E-state index is 6.75. The van der Waals surface area contributed by atoms with Crippen LogP contribution in [0.2, 0.25) is 0 Å². The first-order valence-electron chi connectivity index (χ1n) is 3.53. The van der Waals surface area contributed by atoms with Crippen LogP contribution in [0.3, 0.4) is 0 Å². The summed E-state index contributed by atoms with van der Waals surface area (Å²) in [5.74, 6) is 1.17. The zero-order valence-electron chi connectivity index (χ0n) is 8.49. The third-order valence-electron chi connectivity index (χ3n) is 0. The van der Waals surface area contributed by atoms with Gasteiger partial charge in [-0.15, -0.1) is 0 Å². The summed E-state index contributed by atoms with van der Waals surface area (Å²) >= 11 is 0. The summed E-state index contributed by atoms with van der Waals surface area (Å²) in [5.41, 5.74) is 13.5. The fourth-order valence-corrected chi connectivity index (χ4v) is 0. The molecular formula is C8H18AlN3. The topological polar surface area (TPSA) is 58.7 Å². The third-order valence-corrected chi connectivity index (χ3v) is 0. The van der Waals surface area contributed by atoms with Crippen molar-refractivity contribution in [2.24, 2.45) is 11.8 Å². The molecule has 0 spiro atoms. The van der Waals surface area contributed by atoms with Crippen LogP contribution in [0.5, 0.6) is 0 Å². The van der Waals surface area contributed by atoms with Gasteiger partial charge >= 0.3 is 17.4 Å². The van der Waals surface area contributed by atoms with Crippen LogP contribution in [-0.2, 0) is 0 Å². The Balaban J connectivity index is -0.0000000389. The summed E-state index contributed by atoms with van der Waals surface area (Å²) in [6.45, 7) is 15.5. The van der Waals surface area contributed by atoms with E-state index in [0.29, 0.717) is 11.8 Å². The monoisotopic (exact) mass is 183 g/mol. The van der Waals surface area contributed by atoms with Crippen LogP contribution in [0.1, 0.15) is 27.7 Å². The van der Waals surface area contributed by atoms with Gasteiger partial charge in [-0.3, -0.25) is 4.91 Å². The van der Waals surface area contributed by atoms with Crippen LogP contribution in [0.4, 0.5) is 0 Å². The predicted octanol–water partition coefficient (Wildman–Crippen LogP) is 3.44. The number of hydrogen-bond acceptors (Lipinski definition) is 0. The Kier molecular flexibility index (Phi) is 42.3. The molecule has 0 aromatic rings. The van der Waals surface area contributed by atoms with Crippen molar-refractivity contribution in [2.45, 2.75) is 27.7 Å². The van der Waals surface area contributed by atoms with E-state index in [-0.39, 0.29) is 17.4 Å². The van der Waals surface area contributed by atoms with Gasteiger partial charge in [0.05, 0.1) is 0 Å². The smallest absolute Gasteiger partial charge is 0.373 e. The second kappa shape index (κ2) is 22.4.